The molecule has 0 amide bonds. The average molecular weight is 200 g/mol. The van der Waals surface area contributed by atoms with Crippen LogP contribution >= 0.6 is 11.3 Å². The Morgan fingerprint density at radius 1 is 1.62 bits per heavy atom. The molecule has 0 radical (unpaired) electrons. The molecule has 0 N–H and O–H groups in total. The van der Waals surface area contributed by atoms with Gasteiger partial charge in [-0.1, -0.05) is 0 Å². The van der Waals surface area contributed by atoms with Gasteiger partial charge in [0.25, 0.3) is 0 Å². The summed E-state index contributed by atoms with van der Waals surface area (Å²) in [6.45, 7) is 2.53. The summed E-state index contributed by atoms with van der Waals surface area (Å²) in [5, 5.41) is 1.91. The van der Waals surface area contributed by atoms with Crippen molar-refractivity contribution >= 4 is 17.3 Å². The summed E-state index contributed by atoms with van der Waals surface area (Å²) >= 11 is 1.51. The largest absolute Gasteiger partial charge is 0.493 e. The van der Waals surface area contributed by atoms with Gasteiger partial charge in [-0.05, 0) is 18.4 Å². The predicted molar refractivity (Wildman–Crippen MR) is 51.2 cm³/mol. The lowest BCUT2D eigenvalue weighted by Crippen LogP contribution is -2.04. The fourth-order valence-corrected chi connectivity index (χ4v) is 1.75. The van der Waals surface area contributed by atoms with Gasteiger partial charge in [0.05, 0.1) is 25.0 Å². The summed E-state index contributed by atoms with van der Waals surface area (Å²) in [5.74, 6) is 0.557. The van der Waals surface area contributed by atoms with Crippen molar-refractivity contribution in [2.75, 3.05) is 13.7 Å². The maximum Gasteiger partial charge on any atom is 0.310 e. The van der Waals surface area contributed by atoms with Crippen LogP contribution in [0.15, 0.2) is 11.4 Å². The van der Waals surface area contributed by atoms with Crippen molar-refractivity contribution < 1.29 is 14.3 Å². The Morgan fingerprint density at radius 2 is 2.38 bits per heavy atom. The molecule has 0 bridgehead atoms. The molecule has 0 spiro atoms. The van der Waals surface area contributed by atoms with E-state index in [2.05, 4.69) is 4.74 Å². The highest BCUT2D eigenvalue weighted by atomic mass is 32.1. The van der Waals surface area contributed by atoms with Crippen LogP contribution in [0.25, 0.3) is 0 Å². The number of hydrogen-bond acceptors (Lipinski definition) is 4. The predicted octanol–water partition coefficient (Wildman–Crippen LogP) is 1.86. The third kappa shape index (κ3) is 2.73. The summed E-state index contributed by atoms with van der Waals surface area (Å²) in [5.41, 5.74) is 0. The summed E-state index contributed by atoms with van der Waals surface area (Å²) in [4.78, 5) is 11.9. The Bertz CT molecular complexity index is 280. The minimum absolute atomic E-state index is 0.233. The van der Waals surface area contributed by atoms with Crippen LogP contribution in [0, 0.1) is 0 Å². The van der Waals surface area contributed by atoms with Crippen molar-refractivity contribution in [1.29, 1.82) is 0 Å². The smallest absolute Gasteiger partial charge is 0.310 e. The molecule has 0 aromatic carbocycles. The van der Waals surface area contributed by atoms with E-state index < -0.39 is 0 Å². The Balaban J connectivity index is 2.64. The lowest BCUT2D eigenvalue weighted by Gasteiger charge is -2.02. The van der Waals surface area contributed by atoms with E-state index in [1.807, 2.05) is 18.4 Å². The number of carbonyl (C=O) groups is 1. The number of methoxy groups -OCH3 is 1. The Labute approximate surface area is 81.3 Å². The molecule has 1 aromatic heterocycles. The number of rotatable bonds is 4. The van der Waals surface area contributed by atoms with E-state index in [1.165, 1.54) is 18.4 Å². The van der Waals surface area contributed by atoms with Gasteiger partial charge in [0.1, 0.15) is 5.75 Å². The molecule has 1 heterocycles. The topological polar surface area (TPSA) is 35.5 Å². The van der Waals surface area contributed by atoms with Crippen LogP contribution in [-0.2, 0) is 16.0 Å². The molecule has 0 saturated carbocycles. The number of esters is 1. The van der Waals surface area contributed by atoms with Crippen LogP contribution in [0.1, 0.15) is 11.8 Å². The van der Waals surface area contributed by atoms with Crippen LogP contribution in [0.3, 0.4) is 0 Å². The van der Waals surface area contributed by atoms with Crippen molar-refractivity contribution in [2.45, 2.75) is 13.3 Å². The fourth-order valence-electron chi connectivity index (χ4n) is 0.945. The van der Waals surface area contributed by atoms with Crippen LogP contribution in [-0.4, -0.2) is 19.7 Å². The Morgan fingerprint density at radius 3 is 3.00 bits per heavy atom. The summed E-state index contributed by atoms with van der Waals surface area (Å²) in [6.07, 6.45) is 0.295. The first-order chi connectivity index (χ1) is 6.27. The summed E-state index contributed by atoms with van der Waals surface area (Å²) in [6, 6.07) is 1.87. The van der Waals surface area contributed by atoms with E-state index in [4.69, 9.17) is 4.74 Å². The molecule has 3 nitrogen and oxygen atoms in total. The van der Waals surface area contributed by atoms with Gasteiger partial charge < -0.3 is 9.47 Å². The third-order valence-corrected chi connectivity index (χ3v) is 2.44. The number of ether oxygens (including phenoxy) is 2. The van der Waals surface area contributed by atoms with Gasteiger partial charge in [0.2, 0.25) is 0 Å². The zero-order valence-electron chi connectivity index (χ0n) is 7.70. The van der Waals surface area contributed by atoms with Crippen molar-refractivity contribution in [1.82, 2.24) is 0 Å². The first-order valence-electron chi connectivity index (χ1n) is 4.04. The Hall–Kier alpha value is -1.03. The van der Waals surface area contributed by atoms with Gasteiger partial charge in [0, 0.05) is 0 Å². The molecule has 1 rings (SSSR count). The summed E-state index contributed by atoms with van der Waals surface area (Å²) in [7, 11) is 1.39. The highest BCUT2D eigenvalue weighted by molar-refractivity contribution is 7.10. The Kier molecular flexibility index (Phi) is 3.76. The molecular formula is C9H12O3S. The highest BCUT2D eigenvalue weighted by Crippen LogP contribution is 2.25. The molecule has 72 valence electrons. The first-order valence-corrected chi connectivity index (χ1v) is 4.91. The second kappa shape index (κ2) is 4.87. The van der Waals surface area contributed by atoms with Gasteiger partial charge in [-0.3, -0.25) is 4.79 Å². The zero-order valence-corrected chi connectivity index (χ0v) is 8.52. The van der Waals surface area contributed by atoms with E-state index in [0.29, 0.717) is 13.0 Å². The maximum atomic E-state index is 11.0. The quantitative estimate of drug-likeness (QED) is 0.696. The van der Waals surface area contributed by atoms with Gasteiger partial charge >= 0.3 is 5.97 Å². The number of hydrogen-bond donors (Lipinski definition) is 0. The lowest BCUT2D eigenvalue weighted by molar-refractivity contribution is -0.139. The molecule has 0 aliphatic heterocycles. The molecule has 0 fully saturated rings. The zero-order chi connectivity index (χ0) is 9.68. The molecule has 0 aliphatic rings. The molecule has 0 saturated heterocycles. The molecule has 13 heavy (non-hydrogen) atoms. The van der Waals surface area contributed by atoms with Gasteiger partial charge in [-0.25, -0.2) is 0 Å². The van der Waals surface area contributed by atoms with Crippen molar-refractivity contribution in [3.63, 3.8) is 0 Å². The average Bonchev–Trinajstić information content (AvgIpc) is 2.54. The number of carbonyl (C=O) groups excluding carboxylic acids is 1. The van der Waals surface area contributed by atoms with E-state index in [0.717, 1.165) is 10.6 Å². The van der Waals surface area contributed by atoms with E-state index in [-0.39, 0.29) is 5.97 Å². The van der Waals surface area contributed by atoms with Crippen LogP contribution in [0.4, 0.5) is 0 Å². The minimum Gasteiger partial charge on any atom is -0.493 e. The standard InChI is InChI=1S/C9H12O3S/c1-3-12-7-4-5-13-8(7)6-9(10)11-2/h4-5H,3,6H2,1-2H3. The highest BCUT2D eigenvalue weighted by Gasteiger charge is 2.09. The van der Waals surface area contributed by atoms with Crippen LogP contribution < -0.4 is 4.74 Å². The SMILES string of the molecule is CCOc1ccsc1CC(=O)OC. The molecule has 0 unspecified atom stereocenters. The van der Waals surface area contributed by atoms with Gasteiger partial charge in [-0.2, -0.15) is 0 Å². The second-order valence-electron chi connectivity index (χ2n) is 2.39. The number of thiophene rings is 1. The minimum atomic E-state index is -0.233. The fraction of sp³-hybridized carbons (Fsp3) is 0.444. The van der Waals surface area contributed by atoms with Gasteiger partial charge in [-0.15, -0.1) is 11.3 Å². The third-order valence-electron chi connectivity index (χ3n) is 1.54. The molecule has 0 atom stereocenters. The van der Waals surface area contributed by atoms with E-state index >= 15 is 0 Å². The van der Waals surface area contributed by atoms with E-state index in [1.54, 1.807) is 0 Å². The van der Waals surface area contributed by atoms with Crippen molar-refractivity contribution in [2.24, 2.45) is 0 Å². The summed E-state index contributed by atoms with van der Waals surface area (Å²) < 4.78 is 9.89. The van der Waals surface area contributed by atoms with Crippen LogP contribution in [0.2, 0.25) is 0 Å². The van der Waals surface area contributed by atoms with E-state index in [9.17, 15) is 4.79 Å². The lowest BCUT2D eigenvalue weighted by atomic mass is 10.3. The normalized spacial score (nSPS) is 9.69. The molecular weight excluding hydrogens is 188 g/mol. The second-order valence-corrected chi connectivity index (χ2v) is 3.39. The first kappa shape index (κ1) is 10.1. The van der Waals surface area contributed by atoms with Crippen molar-refractivity contribution in [3.8, 4) is 5.75 Å². The van der Waals surface area contributed by atoms with Crippen LogP contribution in [0.5, 0.6) is 5.75 Å². The maximum absolute atomic E-state index is 11.0. The van der Waals surface area contributed by atoms with Crippen molar-refractivity contribution in [3.05, 3.63) is 16.3 Å². The molecule has 0 aliphatic carbocycles. The molecule has 4 heteroatoms. The molecule has 1 aromatic rings. The monoisotopic (exact) mass is 200 g/mol. The van der Waals surface area contributed by atoms with Gasteiger partial charge in [0.15, 0.2) is 0 Å².